The van der Waals surface area contributed by atoms with Crippen LogP contribution < -0.4 is 14.8 Å². The number of rotatable bonds is 10. The van der Waals surface area contributed by atoms with E-state index in [4.69, 9.17) is 14.2 Å². The zero-order valence-corrected chi connectivity index (χ0v) is 17.0. The monoisotopic (exact) mass is 404 g/mol. The fourth-order valence-corrected chi connectivity index (χ4v) is 3.01. The maximum Gasteiger partial charge on any atom is 0.311 e. The summed E-state index contributed by atoms with van der Waals surface area (Å²) in [5, 5.41) is 4.83. The molecule has 0 aliphatic heterocycles. The minimum atomic E-state index is -0.342. The van der Waals surface area contributed by atoms with E-state index in [9.17, 15) is 9.59 Å². The molecule has 7 nitrogen and oxygen atoms in total. The minimum absolute atomic E-state index is 0.0857. The number of aromatic nitrogens is 1. The Balaban J connectivity index is 1.97. The number of anilines is 1. The van der Waals surface area contributed by atoms with Gasteiger partial charge in [0.15, 0.2) is 16.6 Å². The maximum absolute atomic E-state index is 12.1. The van der Waals surface area contributed by atoms with E-state index < -0.39 is 0 Å². The van der Waals surface area contributed by atoms with Crippen molar-refractivity contribution in [3.05, 3.63) is 40.9 Å². The smallest absolute Gasteiger partial charge is 0.311 e. The van der Waals surface area contributed by atoms with Crippen LogP contribution in [0.15, 0.2) is 29.7 Å². The third-order valence-electron chi connectivity index (χ3n) is 3.41. The average molecular weight is 404 g/mol. The highest BCUT2D eigenvalue weighted by atomic mass is 32.1. The van der Waals surface area contributed by atoms with Crippen LogP contribution in [-0.2, 0) is 20.7 Å². The fourth-order valence-electron chi connectivity index (χ4n) is 2.30. The van der Waals surface area contributed by atoms with Crippen LogP contribution in [-0.4, -0.2) is 36.7 Å². The SMILES string of the molecule is CCOC(=O)Cc1csc(NC(=O)C=Cc2ccc(OCC)c(OCC)c2)n1. The summed E-state index contributed by atoms with van der Waals surface area (Å²) in [7, 11) is 0. The molecular formula is C20H24N2O5S. The van der Waals surface area contributed by atoms with Crippen LogP contribution in [0.25, 0.3) is 6.08 Å². The number of benzene rings is 1. The summed E-state index contributed by atoms with van der Waals surface area (Å²) in [6.45, 7) is 6.95. The summed E-state index contributed by atoms with van der Waals surface area (Å²) in [5.41, 5.74) is 1.37. The van der Waals surface area contributed by atoms with E-state index in [1.54, 1.807) is 18.4 Å². The fraction of sp³-hybridized carbons (Fsp3) is 0.350. The predicted molar refractivity (Wildman–Crippen MR) is 109 cm³/mol. The number of hydrogen-bond acceptors (Lipinski definition) is 7. The first-order valence-corrected chi connectivity index (χ1v) is 9.92. The molecule has 1 amide bonds. The van der Waals surface area contributed by atoms with Crippen molar-refractivity contribution >= 4 is 34.4 Å². The highest BCUT2D eigenvalue weighted by molar-refractivity contribution is 7.14. The molecule has 0 saturated heterocycles. The van der Waals surface area contributed by atoms with Crippen molar-refractivity contribution in [3.63, 3.8) is 0 Å². The lowest BCUT2D eigenvalue weighted by Crippen LogP contribution is -2.09. The van der Waals surface area contributed by atoms with E-state index in [-0.39, 0.29) is 18.3 Å². The molecule has 0 spiro atoms. The van der Waals surface area contributed by atoms with Crippen LogP contribution in [0.4, 0.5) is 5.13 Å². The van der Waals surface area contributed by atoms with E-state index in [1.807, 2.05) is 32.0 Å². The first-order chi connectivity index (χ1) is 13.5. The Labute approximate surface area is 168 Å². The van der Waals surface area contributed by atoms with Gasteiger partial charge < -0.3 is 14.2 Å². The van der Waals surface area contributed by atoms with Crippen molar-refractivity contribution in [2.45, 2.75) is 27.2 Å². The number of nitrogens with one attached hydrogen (secondary N) is 1. The lowest BCUT2D eigenvalue weighted by atomic mass is 10.2. The predicted octanol–water partition coefficient (Wildman–Crippen LogP) is 3.70. The van der Waals surface area contributed by atoms with Crippen LogP contribution in [0.3, 0.4) is 0 Å². The second-order valence-electron chi connectivity index (χ2n) is 5.52. The number of carbonyl (C=O) groups is 2. The molecule has 2 rings (SSSR count). The van der Waals surface area contributed by atoms with Gasteiger partial charge in [-0.3, -0.25) is 14.9 Å². The summed E-state index contributed by atoms with van der Waals surface area (Å²) in [6, 6.07) is 5.48. The van der Waals surface area contributed by atoms with Gasteiger partial charge in [-0.15, -0.1) is 11.3 Å². The third-order valence-corrected chi connectivity index (χ3v) is 4.21. The largest absolute Gasteiger partial charge is 0.490 e. The molecule has 150 valence electrons. The summed E-state index contributed by atoms with van der Waals surface area (Å²) in [6.07, 6.45) is 3.18. The highest BCUT2D eigenvalue weighted by Crippen LogP contribution is 2.29. The summed E-state index contributed by atoms with van der Waals surface area (Å²) in [4.78, 5) is 27.8. The van der Waals surface area contributed by atoms with Gasteiger partial charge in [0.2, 0.25) is 5.91 Å². The van der Waals surface area contributed by atoms with Gasteiger partial charge in [-0.05, 0) is 44.5 Å². The third kappa shape index (κ3) is 6.70. The topological polar surface area (TPSA) is 86.8 Å². The molecule has 0 bridgehead atoms. The van der Waals surface area contributed by atoms with Crippen molar-refractivity contribution < 1.29 is 23.8 Å². The van der Waals surface area contributed by atoms with Crippen molar-refractivity contribution in [2.75, 3.05) is 25.1 Å². The molecule has 0 aliphatic carbocycles. The molecule has 2 aromatic rings. The molecule has 0 unspecified atom stereocenters. The quantitative estimate of drug-likeness (QED) is 0.480. The van der Waals surface area contributed by atoms with E-state index in [0.29, 0.717) is 42.1 Å². The van der Waals surface area contributed by atoms with Crippen LogP contribution in [0, 0.1) is 0 Å². The molecule has 0 saturated carbocycles. The first-order valence-electron chi connectivity index (χ1n) is 9.04. The van der Waals surface area contributed by atoms with Crippen molar-refractivity contribution in [1.82, 2.24) is 4.98 Å². The number of hydrogen-bond donors (Lipinski definition) is 1. The molecule has 8 heteroatoms. The summed E-state index contributed by atoms with van der Waals surface area (Å²) in [5.74, 6) is 0.647. The first kappa shape index (κ1) is 21.4. The molecule has 1 aromatic heterocycles. The van der Waals surface area contributed by atoms with Gasteiger partial charge in [-0.25, -0.2) is 4.98 Å². The molecule has 1 heterocycles. The van der Waals surface area contributed by atoms with Gasteiger partial charge in [0.1, 0.15) is 0 Å². The second-order valence-corrected chi connectivity index (χ2v) is 6.38. The van der Waals surface area contributed by atoms with Crippen LogP contribution in [0.2, 0.25) is 0 Å². The normalized spacial score (nSPS) is 10.7. The number of esters is 1. The zero-order chi connectivity index (χ0) is 20.4. The minimum Gasteiger partial charge on any atom is -0.490 e. The zero-order valence-electron chi connectivity index (χ0n) is 16.2. The molecule has 1 N–H and O–H groups in total. The number of amides is 1. The van der Waals surface area contributed by atoms with E-state index in [2.05, 4.69) is 10.3 Å². The second kappa shape index (κ2) is 11.1. The molecule has 0 aliphatic rings. The molecule has 0 radical (unpaired) electrons. The van der Waals surface area contributed by atoms with E-state index in [1.165, 1.54) is 17.4 Å². The van der Waals surface area contributed by atoms with Gasteiger partial charge in [-0.2, -0.15) is 0 Å². The Morgan fingerprint density at radius 2 is 1.86 bits per heavy atom. The number of ether oxygens (including phenoxy) is 3. The van der Waals surface area contributed by atoms with Gasteiger partial charge in [0.05, 0.1) is 31.9 Å². The Morgan fingerprint density at radius 3 is 2.57 bits per heavy atom. The summed E-state index contributed by atoms with van der Waals surface area (Å²) >= 11 is 1.25. The maximum atomic E-state index is 12.1. The van der Waals surface area contributed by atoms with Gasteiger partial charge in [-0.1, -0.05) is 6.07 Å². The average Bonchev–Trinajstić information content (AvgIpc) is 3.09. The van der Waals surface area contributed by atoms with Crippen molar-refractivity contribution in [2.24, 2.45) is 0 Å². The lowest BCUT2D eigenvalue weighted by Gasteiger charge is -2.11. The van der Waals surface area contributed by atoms with Gasteiger partial charge >= 0.3 is 5.97 Å². The van der Waals surface area contributed by atoms with E-state index in [0.717, 1.165) is 5.56 Å². The Kier molecular flexibility index (Phi) is 8.48. The Bertz CT molecular complexity index is 832. The highest BCUT2D eigenvalue weighted by Gasteiger charge is 2.10. The molecular weight excluding hydrogens is 380 g/mol. The lowest BCUT2D eigenvalue weighted by molar-refractivity contribution is -0.142. The van der Waals surface area contributed by atoms with Crippen molar-refractivity contribution in [1.29, 1.82) is 0 Å². The van der Waals surface area contributed by atoms with Crippen LogP contribution >= 0.6 is 11.3 Å². The van der Waals surface area contributed by atoms with Gasteiger partial charge in [0, 0.05) is 11.5 Å². The molecule has 0 atom stereocenters. The van der Waals surface area contributed by atoms with Crippen LogP contribution in [0.1, 0.15) is 32.0 Å². The number of carbonyl (C=O) groups excluding carboxylic acids is 2. The van der Waals surface area contributed by atoms with Gasteiger partial charge in [0.25, 0.3) is 0 Å². The Morgan fingerprint density at radius 1 is 1.11 bits per heavy atom. The molecule has 28 heavy (non-hydrogen) atoms. The van der Waals surface area contributed by atoms with Crippen molar-refractivity contribution in [3.8, 4) is 11.5 Å². The molecule has 1 aromatic carbocycles. The number of nitrogens with zero attached hydrogens (tertiary/aromatic N) is 1. The standard InChI is InChI=1S/C20H24N2O5S/c1-4-25-16-9-7-14(11-17(16)26-5-2)8-10-18(23)22-20-21-15(13-28-20)12-19(24)27-6-3/h7-11,13H,4-6,12H2,1-3H3,(H,21,22,23). The van der Waals surface area contributed by atoms with Crippen LogP contribution in [0.5, 0.6) is 11.5 Å². The van der Waals surface area contributed by atoms with E-state index >= 15 is 0 Å². The summed E-state index contributed by atoms with van der Waals surface area (Å²) < 4.78 is 16.0. The number of thiazole rings is 1. The Hall–Kier alpha value is -2.87. The molecule has 0 fully saturated rings.